The number of fused-ring (bicyclic) bond motifs is 1. The number of aliphatic hydroxyl groups is 1. The minimum Gasteiger partial charge on any atom is -0.386 e. The van der Waals surface area contributed by atoms with Gasteiger partial charge in [0.25, 0.3) is 5.91 Å². The fraction of sp³-hybridized carbons (Fsp3) is 0.364. The van der Waals surface area contributed by atoms with Gasteiger partial charge in [0.2, 0.25) is 0 Å². The summed E-state index contributed by atoms with van der Waals surface area (Å²) in [5.41, 5.74) is -0.268. The first-order chi connectivity index (χ1) is 14.2. The molecule has 5 nitrogen and oxygen atoms in total. The summed E-state index contributed by atoms with van der Waals surface area (Å²) in [5, 5.41) is 10.7. The van der Waals surface area contributed by atoms with Crippen LogP contribution in [0.2, 0.25) is 0 Å². The highest BCUT2D eigenvalue weighted by molar-refractivity contribution is 14.1. The summed E-state index contributed by atoms with van der Waals surface area (Å²) in [6.07, 6.45) is 5.28. The molecule has 0 radical (unpaired) electrons. The summed E-state index contributed by atoms with van der Waals surface area (Å²) < 4.78 is 31.9. The second-order valence-corrected chi connectivity index (χ2v) is 9.23. The monoisotopic (exact) mass is 525 g/mol. The Kier molecular flexibility index (Phi) is 5.56. The van der Waals surface area contributed by atoms with E-state index in [9.17, 15) is 14.3 Å². The highest BCUT2D eigenvalue weighted by Gasteiger charge is 2.47. The molecule has 0 unspecified atom stereocenters. The van der Waals surface area contributed by atoms with Gasteiger partial charge in [-0.15, -0.1) is 0 Å². The molecule has 30 heavy (non-hydrogen) atoms. The van der Waals surface area contributed by atoms with E-state index in [4.69, 9.17) is 0 Å². The molecular formula is C22H22F2IN3O2. The van der Waals surface area contributed by atoms with E-state index in [0.717, 1.165) is 9.99 Å². The normalized spacial score (nSPS) is 16.5. The molecule has 0 bridgehead atoms. The van der Waals surface area contributed by atoms with Crippen molar-refractivity contribution in [3.8, 4) is 0 Å². The third-order valence-corrected chi connectivity index (χ3v) is 6.75. The molecule has 1 aliphatic rings. The van der Waals surface area contributed by atoms with Crippen LogP contribution in [0.5, 0.6) is 0 Å². The molecule has 1 N–H and O–H groups in total. The van der Waals surface area contributed by atoms with Crippen molar-refractivity contribution in [3.05, 3.63) is 68.7 Å². The molecule has 3 aromatic rings. The van der Waals surface area contributed by atoms with Gasteiger partial charge >= 0.3 is 0 Å². The number of rotatable bonds is 5. The molecule has 2 aromatic heterocycles. The van der Waals surface area contributed by atoms with Crippen LogP contribution in [-0.2, 0) is 6.42 Å². The van der Waals surface area contributed by atoms with E-state index in [1.54, 1.807) is 18.3 Å². The summed E-state index contributed by atoms with van der Waals surface area (Å²) in [5.74, 6) is -1.41. The van der Waals surface area contributed by atoms with Gasteiger partial charge in [-0.05, 0) is 46.2 Å². The van der Waals surface area contributed by atoms with E-state index in [0.29, 0.717) is 5.56 Å². The number of carbonyl (C=O) groups excluding carboxylic acids is 1. The maximum atomic E-state index is 15.3. The molecule has 1 saturated heterocycles. The number of nitrogens with zero attached hydrogens (tertiary/aromatic N) is 3. The first kappa shape index (κ1) is 21.2. The van der Waals surface area contributed by atoms with Crippen molar-refractivity contribution in [2.24, 2.45) is 5.92 Å². The Labute approximate surface area is 186 Å². The average molecular weight is 525 g/mol. The van der Waals surface area contributed by atoms with Crippen LogP contribution in [0.3, 0.4) is 0 Å². The van der Waals surface area contributed by atoms with Gasteiger partial charge in [-0.2, -0.15) is 0 Å². The number of amides is 1. The van der Waals surface area contributed by atoms with Crippen LogP contribution < -0.4 is 0 Å². The number of carbonyl (C=O) groups is 1. The summed E-state index contributed by atoms with van der Waals surface area (Å²) >= 11 is 2.01. The van der Waals surface area contributed by atoms with Crippen molar-refractivity contribution in [3.63, 3.8) is 0 Å². The van der Waals surface area contributed by atoms with E-state index in [2.05, 4.69) is 4.98 Å². The molecule has 3 heterocycles. The molecular weight excluding hydrogens is 503 g/mol. The van der Waals surface area contributed by atoms with Gasteiger partial charge < -0.3 is 14.4 Å². The number of imidazole rings is 1. The summed E-state index contributed by atoms with van der Waals surface area (Å²) in [6.45, 7) is 4.33. The van der Waals surface area contributed by atoms with Gasteiger partial charge in [-0.25, -0.2) is 13.8 Å². The topological polar surface area (TPSA) is 57.8 Å². The highest BCUT2D eigenvalue weighted by Crippen LogP contribution is 2.33. The number of β-amino-alcohol motifs (C(OH)–C–C–N with tert-alkyl or cyclic N) is 1. The highest BCUT2D eigenvalue weighted by atomic mass is 127. The minimum atomic E-state index is -0.926. The number of hydrogen-bond acceptors (Lipinski definition) is 3. The fourth-order valence-corrected chi connectivity index (χ4v) is 4.34. The average Bonchev–Trinajstić information content (AvgIpc) is 3.17. The van der Waals surface area contributed by atoms with Gasteiger partial charge in [-0.1, -0.05) is 26.3 Å². The zero-order chi connectivity index (χ0) is 21.6. The van der Waals surface area contributed by atoms with Gasteiger partial charge in [0, 0.05) is 34.1 Å². The van der Waals surface area contributed by atoms with Gasteiger partial charge in [0.15, 0.2) is 11.5 Å². The standard InChI is InChI=1S/C22H22F2IN3O2/c1-3-13(2)22(30)11-28(12-22)21(29)17-10-27-7-6-26-20(27)19(24)16(17)8-14-4-5-15(25)9-18(14)23/h4-7,9-10,13,30H,3,8,11-12H2,1-2H3/t13-/m1/s1. The smallest absolute Gasteiger partial charge is 0.255 e. The third-order valence-electron chi connectivity index (χ3n) is 6.08. The molecule has 0 saturated carbocycles. The molecule has 1 amide bonds. The number of halogens is 3. The Hall–Kier alpha value is -2.07. The van der Waals surface area contributed by atoms with Crippen molar-refractivity contribution in [1.29, 1.82) is 0 Å². The Morgan fingerprint density at radius 2 is 2.10 bits per heavy atom. The van der Waals surface area contributed by atoms with Crippen molar-refractivity contribution < 1.29 is 18.7 Å². The van der Waals surface area contributed by atoms with Crippen LogP contribution >= 0.6 is 22.6 Å². The van der Waals surface area contributed by atoms with Crippen molar-refractivity contribution in [2.45, 2.75) is 32.3 Å². The Morgan fingerprint density at radius 3 is 2.77 bits per heavy atom. The van der Waals surface area contributed by atoms with Gasteiger partial charge in [-0.3, -0.25) is 4.79 Å². The van der Waals surface area contributed by atoms with Crippen LogP contribution in [-0.4, -0.2) is 44.0 Å². The van der Waals surface area contributed by atoms with E-state index in [-0.39, 0.29) is 48.1 Å². The largest absolute Gasteiger partial charge is 0.386 e. The molecule has 4 rings (SSSR count). The number of pyridine rings is 1. The zero-order valence-corrected chi connectivity index (χ0v) is 18.9. The lowest BCUT2D eigenvalue weighted by atomic mass is 9.80. The Balaban J connectivity index is 1.72. The quantitative estimate of drug-likeness (QED) is 0.512. The second kappa shape index (κ2) is 7.88. The lowest BCUT2D eigenvalue weighted by Gasteiger charge is -2.49. The first-order valence-corrected chi connectivity index (χ1v) is 10.9. The summed E-state index contributed by atoms with van der Waals surface area (Å²) in [4.78, 5) is 18.7. The van der Waals surface area contributed by atoms with E-state index >= 15 is 4.39 Å². The van der Waals surface area contributed by atoms with Crippen molar-refractivity contribution in [2.75, 3.05) is 13.1 Å². The predicted octanol–water partition coefficient (Wildman–Crippen LogP) is 4.04. The maximum absolute atomic E-state index is 15.3. The van der Waals surface area contributed by atoms with Crippen LogP contribution in [0.1, 0.15) is 41.8 Å². The maximum Gasteiger partial charge on any atom is 0.255 e. The summed E-state index contributed by atoms with van der Waals surface area (Å²) in [6, 6.07) is 4.73. The Morgan fingerprint density at radius 1 is 1.37 bits per heavy atom. The van der Waals surface area contributed by atoms with Gasteiger partial charge in [0.05, 0.1) is 18.7 Å². The lowest BCUT2D eigenvalue weighted by molar-refractivity contribution is -0.116. The van der Waals surface area contributed by atoms with E-state index in [1.165, 1.54) is 27.8 Å². The van der Waals surface area contributed by atoms with E-state index < -0.39 is 17.2 Å². The molecule has 1 atom stereocenters. The van der Waals surface area contributed by atoms with Crippen molar-refractivity contribution >= 4 is 34.1 Å². The number of hydrogen-bond donors (Lipinski definition) is 1. The van der Waals surface area contributed by atoms with Crippen molar-refractivity contribution in [1.82, 2.24) is 14.3 Å². The molecule has 1 aromatic carbocycles. The predicted molar refractivity (Wildman–Crippen MR) is 117 cm³/mol. The lowest BCUT2D eigenvalue weighted by Crippen LogP contribution is -2.66. The first-order valence-electron chi connectivity index (χ1n) is 9.83. The number of benzene rings is 1. The van der Waals surface area contributed by atoms with Crippen LogP contribution in [0.25, 0.3) is 5.65 Å². The minimum absolute atomic E-state index is 0.0507. The molecule has 0 spiro atoms. The molecule has 1 aliphatic heterocycles. The zero-order valence-electron chi connectivity index (χ0n) is 16.7. The van der Waals surface area contributed by atoms with E-state index in [1.807, 2.05) is 36.4 Å². The van der Waals surface area contributed by atoms with Crippen LogP contribution in [0.15, 0.2) is 36.8 Å². The van der Waals surface area contributed by atoms with Crippen LogP contribution in [0, 0.1) is 21.1 Å². The van der Waals surface area contributed by atoms with Crippen LogP contribution in [0.4, 0.5) is 8.78 Å². The second-order valence-electron chi connectivity index (χ2n) is 7.98. The number of likely N-dealkylation sites (tertiary alicyclic amines) is 1. The molecule has 1 fully saturated rings. The molecule has 0 aliphatic carbocycles. The SMILES string of the molecule is CC[C@@H](C)C1(O)CN(C(=O)c2cn3ccnc3c(F)c2Cc2ccc(I)cc2F)C1. The number of aromatic nitrogens is 2. The van der Waals surface area contributed by atoms with Gasteiger partial charge in [0.1, 0.15) is 11.4 Å². The fourth-order valence-electron chi connectivity index (χ4n) is 3.89. The summed E-state index contributed by atoms with van der Waals surface area (Å²) in [7, 11) is 0. The molecule has 158 valence electrons. The Bertz CT molecular complexity index is 1130. The molecule has 8 heteroatoms. The third kappa shape index (κ3) is 3.60.